The summed E-state index contributed by atoms with van der Waals surface area (Å²) in [5.74, 6) is 2.31. The topological polar surface area (TPSA) is 35.0 Å². The molecule has 0 aliphatic carbocycles. The highest BCUT2D eigenvalue weighted by molar-refractivity contribution is 7.98. The van der Waals surface area contributed by atoms with Gasteiger partial charge in [0.2, 0.25) is 0 Å². The Hall–Kier alpha value is -1.26. The van der Waals surface area contributed by atoms with Crippen molar-refractivity contribution in [1.82, 2.24) is 9.97 Å². The number of rotatable bonds is 4. The Balaban J connectivity index is 2.01. The first-order valence-electron chi connectivity index (χ1n) is 5.44. The Kier molecular flexibility index (Phi) is 4.44. The summed E-state index contributed by atoms with van der Waals surface area (Å²) >= 11 is 7.57. The zero-order valence-corrected chi connectivity index (χ0v) is 11.8. The molecule has 0 aliphatic rings. The number of benzene rings is 1. The molecule has 18 heavy (non-hydrogen) atoms. The molecule has 0 amide bonds. The van der Waals surface area contributed by atoms with Crippen molar-refractivity contribution < 1.29 is 4.74 Å². The molecule has 0 saturated carbocycles. The van der Waals surface area contributed by atoms with Crippen molar-refractivity contribution in [3.05, 3.63) is 47.0 Å². The Morgan fingerprint density at radius 2 is 1.94 bits per heavy atom. The summed E-state index contributed by atoms with van der Waals surface area (Å²) in [5, 5.41) is 0.493. The molecule has 1 aromatic carbocycles. The Bertz CT molecular complexity index is 511. The number of nitrogens with zero attached hydrogens (tertiary/aromatic N) is 2. The molecule has 0 radical (unpaired) electrons. The smallest absolute Gasteiger partial charge is 0.140 e. The van der Waals surface area contributed by atoms with Crippen LogP contribution in [0.3, 0.4) is 0 Å². The average Bonchev–Trinajstić information content (AvgIpc) is 2.36. The number of thioether (sulfide) groups is 1. The number of aromatic nitrogens is 2. The second kappa shape index (κ2) is 6.07. The van der Waals surface area contributed by atoms with Gasteiger partial charge < -0.3 is 4.74 Å². The zero-order valence-electron chi connectivity index (χ0n) is 10.2. The Morgan fingerprint density at radius 1 is 1.22 bits per heavy atom. The van der Waals surface area contributed by atoms with Gasteiger partial charge in [-0.1, -0.05) is 11.6 Å². The van der Waals surface area contributed by atoms with Crippen LogP contribution in [-0.2, 0) is 5.75 Å². The van der Waals surface area contributed by atoms with Crippen molar-refractivity contribution >= 4 is 23.4 Å². The lowest BCUT2D eigenvalue weighted by atomic mass is 10.3. The van der Waals surface area contributed by atoms with E-state index in [1.807, 2.05) is 31.2 Å². The van der Waals surface area contributed by atoms with Crippen LogP contribution in [-0.4, -0.2) is 17.1 Å². The third kappa shape index (κ3) is 3.62. The molecule has 0 bridgehead atoms. The van der Waals surface area contributed by atoms with Crippen molar-refractivity contribution in [3.63, 3.8) is 0 Å². The van der Waals surface area contributed by atoms with Gasteiger partial charge in [-0.05, 0) is 37.3 Å². The van der Waals surface area contributed by atoms with Crippen molar-refractivity contribution in [1.29, 1.82) is 0 Å². The summed E-state index contributed by atoms with van der Waals surface area (Å²) in [7, 11) is 1.66. The van der Waals surface area contributed by atoms with Crippen LogP contribution < -0.4 is 4.74 Å². The first-order chi connectivity index (χ1) is 8.67. The molecule has 0 unspecified atom stereocenters. The molecule has 0 fully saturated rings. The number of hydrogen-bond acceptors (Lipinski definition) is 4. The molecular formula is C13H13ClN2OS. The Morgan fingerprint density at radius 3 is 2.56 bits per heavy atom. The molecule has 3 nitrogen and oxygen atoms in total. The molecule has 0 atom stereocenters. The van der Waals surface area contributed by atoms with Gasteiger partial charge in [0.05, 0.1) is 12.9 Å². The predicted octanol–water partition coefficient (Wildman–Crippen LogP) is 3.74. The second-order valence-corrected chi connectivity index (χ2v) is 5.15. The van der Waals surface area contributed by atoms with Crippen LogP contribution in [0.1, 0.15) is 11.5 Å². The minimum Gasteiger partial charge on any atom is -0.497 e. The van der Waals surface area contributed by atoms with Crippen LogP contribution in [0.4, 0.5) is 0 Å². The fourth-order valence-corrected chi connectivity index (χ4v) is 2.48. The van der Waals surface area contributed by atoms with Gasteiger partial charge in [0.25, 0.3) is 0 Å². The van der Waals surface area contributed by atoms with Crippen molar-refractivity contribution in [2.75, 3.05) is 7.11 Å². The van der Waals surface area contributed by atoms with Crippen LogP contribution in [0.25, 0.3) is 0 Å². The van der Waals surface area contributed by atoms with Crippen molar-refractivity contribution in [2.45, 2.75) is 17.6 Å². The van der Waals surface area contributed by atoms with E-state index in [2.05, 4.69) is 9.97 Å². The van der Waals surface area contributed by atoms with Gasteiger partial charge in [-0.15, -0.1) is 11.8 Å². The highest BCUT2D eigenvalue weighted by Gasteiger charge is 2.02. The molecule has 2 aromatic rings. The van der Waals surface area contributed by atoms with Crippen molar-refractivity contribution in [3.8, 4) is 5.75 Å². The second-order valence-electron chi connectivity index (χ2n) is 3.71. The van der Waals surface area contributed by atoms with E-state index >= 15 is 0 Å². The molecular weight excluding hydrogens is 268 g/mol. The molecule has 1 aromatic heterocycles. The van der Waals surface area contributed by atoms with E-state index in [0.29, 0.717) is 10.9 Å². The number of aryl methyl sites for hydroxylation is 1. The Labute approximate surface area is 116 Å². The minimum atomic E-state index is 0.493. The summed E-state index contributed by atoms with van der Waals surface area (Å²) in [6.45, 7) is 1.91. The van der Waals surface area contributed by atoms with E-state index in [0.717, 1.165) is 22.2 Å². The lowest BCUT2D eigenvalue weighted by Gasteiger charge is -2.04. The SMILES string of the molecule is COc1ccc(SCc2nc(C)cc(Cl)n2)cc1. The molecule has 0 N–H and O–H groups in total. The molecule has 2 rings (SSSR count). The van der Waals surface area contributed by atoms with Crippen LogP contribution in [0.15, 0.2) is 35.2 Å². The number of methoxy groups -OCH3 is 1. The largest absolute Gasteiger partial charge is 0.497 e. The highest BCUT2D eigenvalue weighted by atomic mass is 35.5. The monoisotopic (exact) mass is 280 g/mol. The third-order valence-corrected chi connectivity index (χ3v) is 3.50. The summed E-state index contributed by atoms with van der Waals surface area (Å²) in [5.41, 5.74) is 0.889. The fourth-order valence-electron chi connectivity index (χ4n) is 1.47. The van der Waals surface area contributed by atoms with E-state index in [9.17, 15) is 0 Å². The van der Waals surface area contributed by atoms with Crippen LogP contribution >= 0.6 is 23.4 Å². The van der Waals surface area contributed by atoms with E-state index in [-0.39, 0.29) is 0 Å². The van der Waals surface area contributed by atoms with Gasteiger partial charge in [-0.25, -0.2) is 9.97 Å². The number of ether oxygens (including phenoxy) is 1. The molecule has 0 saturated heterocycles. The third-order valence-electron chi connectivity index (χ3n) is 2.30. The first-order valence-corrected chi connectivity index (χ1v) is 6.80. The summed E-state index contributed by atoms with van der Waals surface area (Å²) in [6, 6.07) is 9.66. The fraction of sp³-hybridized carbons (Fsp3) is 0.231. The van der Waals surface area contributed by atoms with Crippen molar-refractivity contribution in [2.24, 2.45) is 0 Å². The summed E-state index contributed by atoms with van der Waals surface area (Å²) < 4.78 is 5.11. The maximum atomic E-state index is 5.89. The van der Waals surface area contributed by atoms with E-state index in [1.54, 1.807) is 24.9 Å². The summed E-state index contributed by atoms with van der Waals surface area (Å²) in [4.78, 5) is 9.68. The zero-order chi connectivity index (χ0) is 13.0. The maximum absolute atomic E-state index is 5.89. The lowest BCUT2D eigenvalue weighted by Crippen LogP contribution is -1.95. The predicted molar refractivity (Wildman–Crippen MR) is 74.3 cm³/mol. The molecule has 0 aliphatic heterocycles. The quantitative estimate of drug-likeness (QED) is 0.631. The van der Waals surface area contributed by atoms with Gasteiger partial charge in [0.15, 0.2) is 0 Å². The van der Waals surface area contributed by atoms with Gasteiger partial charge in [0.1, 0.15) is 16.7 Å². The van der Waals surface area contributed by atoms with Crippen LogP contribution in [0, 0.1) is 6.92 Å². The molecule has 1 heterocycles. The molecule has 94 valence electrons. The molecule has 5 heteroatoms. The molecule has 0 spiro atoms. The number of hydrogen-bond donors (Lipinski definition) is 0. The average molecular weight is 281 g/mol. The lowest BCUT2D eigenvalue weighted by molar-refractivity contribution is 0.414. The number of halogens is 1. The van der Waals surface area contributed by atoms with Crippen LogP contribution in [0.2, 0.25) is 5.15 Å². The van der Waals surface area contributed by atoms with E-state index in [4.69, 9.17) is 16.3 Å². The van der Waals surface area contributed by atoms with Gasteiger partial charge in [0, 0.05) is 10.6 Å². The summed E-state index contributed by atoms with van der Waals surface area (Å²) in [6.07, 6.45) is 0. The van der Waals surface area contributed by atoms with Gasteiger partial charge in [-0.2, -0.15) is 0 Å². The highest BCUT2D eigenvalue weighted by Crippen LogP contribution is 2.24. The first kappa shape index (κ1) is 13.2. The normalized spacial score (nSPS) is 10.4. The standard InChI is InChI=1S/C13H13ClN2OS/c1-9-7-12(14)16-13(15-9)8-18-11-5-3-10(17-2)4-6-11/h3-7H,8H2,1-2H3. The van der Waals surface area contributed by atoms with Gasteiger partial charge >= 0.3 is 0 Å². The van der Waals surface area contributed by atoms with E-state index < -0.39 is 0 Å². The van der Waals surface area contributed by atoms with Crippen LogP contribution in [0.5, 0.6) is 5.75 Å². The van der Waals surface area contributed by atoms with Gasteiger partial charge in [-0.3, -0.25) is 0 Å². The van der Waals surface area contributed by atoms with E-state index in [1.165, 1.54) is 0 Å². The maximum Gasteiger partial charge on any atom is 0.140 e. The minimum absolute atomic E-state index is 0.493.